The van der Waals surface area contributed by atoms with Crippen LogP contribution in [-0.4, -0.2) is 93.6 Å². The zero-order valence-electron chi connectivity index (χ0n) is 64.3. The summed E-state index contributed by atoms with van der Waals surface area (Å²) in [7, 11) is -15.3. The largest absolute Gasteiger partial charge is 0.478 e. The van der Waals surface area contributed by atoms with Crippen molar-refractivity contribution in [2.45, 2.75) is 193 Å². The molecule has 0 unspecified atom stereocenters. The number of nitrogens with two attached hydrogens (primary N) is 1. The summed E-state index contributed by atoms with van der Waals surface area (Å²) >= 11 is 0. The normalized spacial score (nSPS) is 14.8. The molecular weight excluding hydrogens is 1580 g/mol. The van der Waals surface area contributed by atoms with Crippen LogP contribution in [0, 0.1) is 12.3 Å². The number of carbonyl (C=O) groups excluding carboxylic acids is 7. The van der Waals surface area contributed by atoms with E-state index in [9.17, 15) is 72.0 Å². The number of carboxylic acid groups (broad SMARTS) is 1. The Hall–Kier alpha value is -11.7. The molecule has 0 saturated carbocycles. The van der Waals surface area contributed by atoms with Crippen LogP contribution in [0.5, 0.6) is 0 Å². The van der Waals surface area contributed by atoms with E-state index in [2.05, 4.69) is 65.6 Å². The number of aryl methyl sites for hydroxylation is 8. The second-order valence-electron chi connectivity index (χ2n) is 30.0. The molecule has 0 fully saturated rings. The first-order valence-electron chi connectivity index (χ1n) is 38.9. The molecule has 610 valence electrons. The molecule has 8 aliphatic rings. The smallest absolute Gasteiger partial charge is 0.337 e. The average molecular weight is 1660 g/mol. The summed E-state index contributed by atoms with van der Waals surface area (Å²) in [4.78, 5) is 95.6. The van der Waals surface area contributed by atoms with E-state index in [1.807, 2.05) is 9.44 Å². The number of Topliss-reactive ketones (excluding diaryl/α,β-unsaturated/α-hetero) is 1. The van der Waals surface area contributed by atoms with Gasteiger partial charge in [-0.25, -0.2) is 81.3 Å². The number of amides is 9. The van der Waals surface area contributed by atoms with Gasteiger partial charge < -0.3 is 36.8 Å². The monoisotopic (exact) mass is 1660 g/mol. The van der Waals surface area contributed by atoms with E-state index in [1.54, 1.807) is 12.1 Å². The van der Waals surface area contributed by atoms with E-state index in [1.165, 1.54) is 124 Å². The van der Waals surface area contributed by atoms with Crippen LogP contribution in [-0.2, 0) is 159 Å². The van der Waals surface area contributed by atoms with Gasteiger partial charge in [-0.2, -0.15) is 0 Å². The Labute approximate surface area is 679 Å². The van der Waals surface area contributed by atoms with E-state index < -0.39 is 82.1 Å². The van der Waals surface area contributed by atoms with Crippen molar-refractivity contribution >= 4 is 111 Å². The van der Waals surface area contributed by atoms with Crippen LogP contribution in [0.15, 0.2) is 141 Å². The van der Waals surface area contributed by atoms with Gasteiger partial charge in [0.15, 0.2) is 0 Å². The first-order valence-corrected chi connectivity index (χ1v) is 44.9. The molecule has 0 spiro atoms. The Kier molecular flexibility index (Phi) is 25.2. The van der Waals surface area contributed by atoms with Gasteiger partial charge in [0.2, 0.25) is 5.91 Å². The van der Waals surface area contributed by atoms with Crippen LogP contribution in [0.4, 0.5) is 41.9 Å². The van der Waals surface area contributed by atoms with E-state index in [-0.39, 0.29) is 54.9 Å². The minimum absolute atomic E-state index is 0.0570. The lowest BCUT2D eigenvalue weighted by atomic mass is 9.99. The van der Waals surface area contributed by atoms with Crippen LogP contribution >= 0.6 is 0 Å². The lowest BCUT2D eigenvalue weighted by molar-refractivity contribution is -0.118. The Bertz CT molecular complexity index is 5650. The van der Waals surface area contributed by atoms with Crippen molar-refractivity contribution < 1.29 is 81.9 Å². The number of anilines is 4. The number of primary amides is 1. The maximum Gasteiger partial charge on any atom is 0.337 e. The molecule has 0 aliphatic heterocycles. The molecule has 11 N–H and O–H groups in total. The van der Waals surface area contributed by atoms with Gasteiger partial charge in [0.25, 0.3) is 40.1 Å². The number of carboxylic acids is 1. The molecule has 31 heteroatoms. The van der Waals surface area contributed by atoms with Crippen molar-refractivity contribution in [1.29, 1.82) is 0 Å². The number of methoxy groups -OCH3 is 1. The maximum absolute atomic E-state index is 12.8. The summed E-state index contributed by atoms with van der Waals surface area (Å²) in [5.41, 5.74) is 27.7. The standard InChI is InChI=1S/C25H26N2O4S.C21H22N2O5S.C20H21N3O4S.C20H20N2O5S/c1-2-3-10-20(28)14-17-7-4-11-21(15-17)32(30,31)27-25(29)26-24-22-12-5-8-18(22)16-19-9-6-13-23(19)24;1-28-20(24)15-7-2-8-16(12-15)29(26,27)23-21(25)22-19-17-9-3-5-13(17)11-14-6-4-10-18(14)19;21-19(24)14-6-1-7-15(11-14)28(26,27)23-20(25)22-18-16-8-2-4-12(16)10-13-5-3-9-17(13)18;23-19(24)14-6-1-7-15(11-14)28(26,27)22-20(25)21-18-16-8-2-4-12(16)10-13-5-3-9-17(13)18/h1,4,7,11,15-16H,3,5-6,8-10,12-14H2,(H2,26,27,29);2,7-8,11-12H,3-6,9-10H2,1H3,(H2,22,23,25);1,6-7,10-11H,2-5,8-9H2,(H2,21,24)(H2,22,23,25);1,6-7,10-11H,2-5,8-9H2,(H,23,24)(H2,21,22,25). The molecule has 117 heavy (non-hydrogen) atoms. The quantitative estimate of drug-likeness (QED) is 0.0265. The fourth-order valence-corrected chi connectivity index (χ4v) is 20.9. The number of terminal acetylenes is 1. The minimum Gasteiger partial charge on any atom is -0.478 e. The number of rotatable bonds is 19. The molecule has 9 amide bonds. The second kappa shape index (κ2) is 35.4. The number of urea groups is 4. The number of aromatic carboxylic acids is 1. The number of esters is 1. The summed E-state index contributed by atoms with van der Waals surface area (Å²) in [6.45, 7) is 0. The highest BCUT2D eigenvalue weighted by Gasteiger charge is 2.33. The molecular formula is C86H89N9O18S4. The zero-order chi connectivity index (χ0) is 83.1. The van der Waals surface area contributed by atoms with Crippen LogP contribution in [0.3, 0.4) is 0 Å². The van der Waals surface area contributed by atoms with Gasteiger partial charge in [-0.3, -0.25) is 9.59 Å². The fraction of sp³-hybridized carbons (Fsp3) is 0.326. The second-order valence-corrected chi connectivity index (χ2v) is 36.7. The molecule has 27 nitrogen and oxygen atoms in total. The number of nitrogens with one attached hydrogen (secondary N) is 8. The van der Waals surface area contributed by atoms with Crippen LogP contribution < -0.4 is 45.9 Å². The number of hydrogen-bond donors (Lipinski definition) is 10. The average Bonchev–Trinajstić information content (AvgIpc) is 1.65. The van der Waals surface area contributed by atoms with Crippen molar-refractivity contribution in [3.8, 4) is 12.3 Å². The first kappa shape index (κ1) is 83.2. The number of benzene rings is 8. The number of sulfonamides is 4. The van der Waals surface area contributed by atoms with Crippen molar-refractivity contribution in [2.75, 3.05) is 28.4 Å². The highest BCUT2D eigenvalue weighted by molar-refractivity contribution is 7.91. The topological polar surface area (TPSA) is 425 Å². The van der Waals surface area contributed by atoms with Gasteiger partial charge in [0.1, 0.15) is 5.78 Å². The molecule has 0 aromatic heterocycles. The van der Waals surface area contributed by atoms with E-state index in [4.69, 9.17) is 17.3 Å². The fourth-order valence-electron chi connectivity index (χ4n) is 17.0. The third-order valence-corrected chi connectivity index (χ3v) is 27.6. The number of hydrogen-bond acceptors (Lipinski definition) is 17. The Morgan fingerprint density at radius 3 is 0.923 bits per heavy atom. The summed E-state index contributed by atoms with van der Waals surface area (Å²) < 4.78 is 114. The lowest BCUT2D eigenvalue weighted by Crippen LogP contribution is -2.35. The molecule has 16 rings (SSSR count). The lowest BCUT2D eigenvalue weighted by Gasteiger charge is -2.16. The third kappa shape index (κ3) is 19.2. The third-order valence-electron chi connectivity index (χ3n) is 22.3. The molecule has 0 heterocycles. The van der Waals surface area contributed by atoms with Crippen molar-refractivity contribution in [3.63, 3.8) is 0 Å². The predicted octanol–water partition coefficient (Wildman–Crippen LogP) is 11.8. The van der Waals surface area contributed by atoms with Gasteiger partial charge in [0, 0.05) is 47.6 Å². The minimum atomic E-state index is -4.19. The molecule has 8 aromatic rings. The molecule has 0 bridgehead atoms. The summed E-state index contributed by atoms with van der Waals surface area (Å²) in [6.07, 6.45) is 29.0. The van der Waals surface area contributed by atoms with Gasteiger partial charge in [-0.1, -0.05) is 54.6 Å². The number of ether oxygens (including phenoxy) is 1. The molecule has 8 aromatic carbocycles. The van der Waals surface area contributed by atoms with Crippen molar-refractivity contribution in [3.05, 3.63) is 233 Å². The summed E-state index contributed by atoms with van der Waals surface area (Å²) in [6, 6.07) is 27.3. The molecule has 8 aliphatic carbocycles. The molecule has 0 atom stereocenters. The van der Waals surface area contributed by atoms with Crippen LogP contribution in [0.25, 0.3) is 0 Å². The van der Waals surface area contributed by atoms with Gasteiger partial charge in [0.05, 0.1) is 37.8 Å². The van der Waals surface area contributed by atoms with Crippen LogP contribution in [0.1, 0.15) is 190 Å². The molecule has 0 radical (unpaired) electrons. The number of ketones is 1. The molecule has 0 saturated heterocycles. The first-order chi connectivity index (χ1) is 56.0. The van der Waals surface area contributed by atoms with Gasteiger partial charge in [-0.05, 0) is 315 Å². The van der Waals surface area contributed by atoms with Crippen molar-refractivity contribution in [1.82, 2.24) is 18.9 Å². The highest BCUT2D eigenvalue weighted by atomic mass is 32.2. The summed E-state index contributed by atoms with van der Waals surface area (Å²) in [5, 5.41) is 20.2. The van der Waals surface area contributed by atoms with E-state index in [0.29, 0.717) is 12.0 Å². The Morgan fingerprint density at radius 1 is 0.376 bits per heavy atom. The predicted molar refractivity (Wildman–Crippen MR) is 439 cm³/mol. The number of carbonyl (C=O) groups is 8. The van der Waals surface area contributed by atoms with Crippen molar-refractivity contribution in [2.24, 2.45) is 5.73 Å². The van der Waals surface area contributed by atoms with E-state index in [0.717, 1.165) is 233 Å². The number of fused-ring (bicyclic) bond motifs is 8. The van der Waals surface area contributed by atoms with Gasteiger partial charge in [-0.15, -0.1) is 12.3 Å². The highest BCUT2D eigenvalue weighted by Crippen LogP contribution is 2.43. The maximum atomic E-state index is 12.8. The Balaban J connectivity index is 0.000000136. The Morgan fingerprint density at radius 2 is 0.641 bits per heavy atom. The van der Waals surface area contributed by atoms with E-state index >= 15 is 0 Å². The SMILES string of the molecule is C#CCCC(=O)Cc1cccc(S(=O)(=O)NC(=O)Nc2c3c(cc4c2CCC4)CCC3)c1.COC(=O)c1cccc(S(=O)(=O)NC(=O)Nc2c3c(cc4c2CCC4)CCC3)c1.NC(=O)c1cccc(S(=O)(=O)NC(=O)Nc2c3c(cc4c2CCC4)CCC3)c1.O=C(Nc1c2c(cc3c1CCC3)CCC2)NS(=O)(=O)c1cccc(C(=O)O)c1. The summed E-state index contributed by atoms with van der Waals surface area (Å²) in [5.74, 6) is -0.268. The van der Waals surface area contributed by atoms with Gasteiger partial charge >= 0.3 is 36.1 Å². The zero-order valence-corrected chi connectivity index (χ0v) is 67.6. The van der Waals surface area contributed by atoms with Crippen LogP contribution in [0.2, 0.25) is 0 Å².